The minimum Gasteiger partial charge on any atom is -0.316 e. The molecule has 1 aromatic rings. The fourth-order valence-electron chi connectivity index (χ4n) is 3.19. The summed E-state index contributed by atoms with van der Waals surface area (Å²) in [5.74, 6) is 1.75. The topological polar surface area (TPSA) is 33.1 Å². The number of aromatic nitrogens is 2. The molecule has 2 saturated heterocycles. The number of rotatable bonds is 3. The van der Waals surface area contributed by atoms with Crippen molar-refractivity contribution in [2.45, 2.75) is 26.4 Å². The molecular weight excluding hydrogens is 212 g/mol. The Kier molecular flexibility index (Phi) is 2.92. The molecule has 2 aliphatic heterocycles. The quantitative estimate of drug-likeness (QED) is 0.850. The van der Waals surface area contributed by atoms with Crippen molar-refractivity contribution < 1.29 is 0 Å². The van der Waals surface area contributed by atoms with E-state index in [0.717, 1.165) is 18.4 Å². The van der Waals surface area contributed by atoms with Gasteiger partial charge in [-0.05, 0) is 38.8 Å². The van der Waals surface area contributed by atoms with Gasteiger partial charge in [-0.15, -0.1) is 0 Å². The summed E-state index contributed by atoms with van der Waals surface area (Å²) < 4.78 is 2.02. The van der Waals surface area contributed by atoms with Crippen LogP contribution in [-0.4, -0.2) is 40.9 Å². The minimum atomic E-state index is 0.515. The third kappa shape index (κ3) is 2.00. The van der Waals surface area contributed by atoms with Crippen LogP contribution in [-0.2, 0) is 6.54 Å². The van der Waals surface area contributed by atoms with Crippen molar-refractivity contribution in [2.75, 3.05) is 26.2 Å². The van der Waals surface area contributed by atoms with Crippen molar-refractivity contribution in [3.8, 4) is 0 Å². The molecule has 1 unspecified atom stereocenters. The molecule has 3 heterocycles. The molecule has 0 aliphatic carbocycles. The third-order valence-electron chi connectivity index (χ3n) is 4.43. The summed E-state index contributed by atoms with van der Waals surface area (Å²) >= 11 is 0. The molecule has 0 spiro atoms. The summed E-state index contributed by atoms with van der Waals surface area (Å²) in [5.41, 5.74) is 1.36. The normalized spacial score (nSPS) is 30.7. The summed E-state index contributed by atoms with van der Waals surface area (Å²) in [4.78, 5) is 2.62. The molecule has 0 radical (unpaired) electrons. The van der Waals surface area contributed by atoms with Crippen LogP contribution in [0.1, 0.15) is 25.5 Å². The van der Waals surface area contributed by atoms with Crippen LogP contribution in [0.4, 0.5) is 0 Å². The van der Waals surface area contributed by atoms with E-state index in [4.69, 9.17) is 0 Å². The van der Waals surface area contributed by atoms with Crippen LogP contribution in [0.2, 0.25) is 0 Å². The zero-order valence-electron chi connectivity index (χ0n) is 10.8. The second kappa shape index (κ2) is 4.42. The van der Waals surface area contributed by atoms with Crippen molar-refractivity contribution in [2.24, 2.45) is 11.8 Å². The van der Waals surface area contributed by atoms with Gasteiger partial charge in [-0.1, -0.05) is 0 Å². The van der Waals surface area contributed by atoms with Gasteiger partial charge in [0.2, 0.25) is 0 Å². The molecule has 1 N–H and O–H groups in total. The standard InChI is InChI=1S/C13H22N4/c1-3-17-9-11(6-15-17)10(2)16-7-12-4-14-5-13(12)8-16/h6,9-10,12-14H,3-5,7-8H2,1-2H3/t10?,12-,13+. The maximum atomic E-state index is 4.38. The van der Waals surface area contributed by atoms with Gasteiger partial charge in [0.25, 0.3) is 0 Å². The molecule has 0 amide bonds. The summed E-state index contributed by atoms with van der Waals surface area (Å²) in [6, 6.07) is 0.515. The second-order valence-electron chi connectivity index (χ2n) is 5.44. The lowest BCUT2D eigenvalue weighted by molar-refractivity contribution is 0.244. The zero-order chi connectivity index (χ0) is 11.8. The van der Waals surface area contributed by atoms with Crippen LogP contribution in [0.5, 0.6) is 0 Å². The van der Waals surface area contributed by atoms with Crippen LogP contribution in [0.15, 0.2) is 12.4 Å². The number of likely N-dealkylation sites (tertiary alicyclic amines) is 1. The summed E-state index contributed by atoms with van der Waals surface area (Å²) in [5, 5.41) is 7.87. The van der Waals surface area contributed by atoms with Crippen molar-refractivity contribution in [1.29, 1.82) is 0 Å². The molecule has 17 heavy (non-hydrogen) atoms. The predicted octanol–water partition coefficient (Wildman–Crippen LogP) is 1.12. The molecule has 2 aliphatic rings. The van der Waals surface area contributed by atoms with E-state index < -0.39 is 0 Å². The third-order valence-corrected chi connectivity index (χ3v) is 4.43. The van der Waals surface area contributed by atoms with Gasteiger partial charge in [0.15, 0.2) is 0 Å². The van der Waals surface area contributed by atoms with E-state index in [-0.39, 0.29) is 0 Å². The van der Waals surface area contributed by atoms with E-state index in [2.05, 4.69) is 35.4 Å². The first-order chi connectivity index (χ1) is 8.28. The maximum Gasteiger partial charge on any atom is 0.0537 e. The summed E-state index contributed by atoms with van der Waals surface area (Å²) in [6.45, 7) is 10.3. The number of nitrogens with one attached hydrogen (secondary N) is 1. The molecule has 3 atom stereocenters. The fourth-order valence-corrected chi connectivity index (χ4v) is 3.19. The number of fused-ring (bicyclic) bond motifs is 1. The highest BCUT2D eigenvalue weighted by Crippen LogP contribution is 2.32. The SMILES string of the molecule is CCn1cc(C(C)N2C[C@H]3CNC[C@H]3C2)cn1. The molecular formula is C13H22N4. The maximum absolute atomic E-state index is 4.38. The first-order valence-corrected chi connectivity index (χ1v) is 6.75. The molecule has 0 aromatic carbocycles. The Morgan fingerprint density at radius 2 is 2.12 bits per heavy atom. The van der Waals surface area contributed by atoms with Crippen LogP contribution in [0.3, 0.4) is 0 Å². The van der Waals surface area contributed by atoms with Gasteiger partial charge in [-0.3, -0.25) is 9.58 Å². The highest BCUT2D eigenvalue weighted by molar-refractivity contribution is 5.11. The first kappa shape index (κ1) is 11.2. The van der Waals surface area contributed by atoms with Crippen LogP contribution in [0.25, 0.3) is 0 Å². The zero-order valence-corrected chi connectivity index (χ0v) is 10.8. The lowest BCUT2D eigenvalue weighted by atomic mass is 10.0. The highest BCUT2D eigenvalue weighted by Gasteiger charge is 2.38. The highest BCUT2D eigenvalue weighted by atomic mass is 15.3. The Morgan fingerprint density at radius 1 is 1.41 bits per heavy atom. The molecule has 3 rings (SSSR count). The molecule has 94 valence electrons. The Morgan fingerprint density at radius 3 is 2.71 bits per heavy atom. The molecule has 2 fully saturated rings. The van der Waals surface area contributed by atoms with E-state index in [0.29, 0.717) is 6.04 Å². The Balaban J connectivity index is 1.68. The van der Waals surface area contributed by atoms with Gasteiger partial charge < -0.3 is 5.32 Å². The van der Waals surface area contributed by atoms with Gasteiger partial charge in [0.05, 0.1) is 6.20 Å². The lowest BCUT2D eigenvalue weighted by Gasteiger charge is -2.24. The number of hydrogen-bond donors (Lipinski definition) is 1. The van der Waals surface area contributed by atoms with E-state index >= 15 is 0 Å². The Hall–Kier alpha value is -0.870. The largest absolute Gasteiger partial charge is 0.316 e. The van der Waals surface area contributed by atoms with E-state index in [9.17, 15) is 0 Å². The molecule has 0 saturated carbocycles. The van der Waals surface area contributed by atoms with Gasteiger partial charge in [0.1, 0.15) is 0 Å². The van der Waals surface area contributed by atoms with E-state index in [1.807, 2.05) is 10.9 Å². The minimum absolute atomic E-state index is 0.515. The molecule has 0 bridgehead atoms. The van der Waals surface area contributed by atoms with Crippen molar-refractivity contribution >= 4 is 0 Å². The monoisotopic (exact) mass is 234 g/mol. The average Bonchev–Trinajstić information content (AvgIpc) is 3.02. The van der Waals surface area contributed by atoms with Gasteiger partial charge in [-0.25, -0.2) is 0 Å². The Labute approximate surface area is 103 Å². The molecule has 4 nitrogen and oxygen atoms in total. The number of aryl methyl sites for hydroxylation is 1. The lowest BCUT2D eigenvalue weighted by Crippen LogP contribution is -2.28. The molecule has 4 heteroatoms. The van der Waals surface area contributed by atoms with Crippen LogP contribution < -0.4 is 5.32 Å². The van der Waals surface area contributed by atoms with Crippen molar-refractivity contribution in [3.63, 3.8) is 0 Å². The number of hydrogen-bond acceptors (Lipinski definition) is 3. The summed E-state index contributed by atoms with van der Waals surface area (Å²) in [7, 11) is 0. The molecule has 1 aromatic heterocycles. The fraction of sp³-hybridized carbons (Fsp3) is 0.769. The van der Waals surface area contributed by atoms with Gasteiger partial charge in [-0.2, -0.15) is 5.10 Å². The van der Waals surface area contributed by atoms with Crippen molar-refractivity contribution in [3.05, 3.63) is 18.0 Å². The van der Waals surface area contributed by atoms with Gasteiger partial charge in [0, 0.05) is 37.4 Å². The van der Waals surface area contributed by atoms with Crippen LogP contribution >= 0.6 is 0 Å². The number of nitrogens with zero attached hydrogens (tertiary/aromatic N) is 3. The van der Waals surface area contributed by atoms with E-state index in [1.54, 1.807) is 0 Å². The van der Waals surface area contributed by atoms with Gasteiger partial charge >= 0.3 is 0 Å². The smallest absolute Gasteiger partial charge is 0.0537 e. The predicted molar refractivity (Wildman–Crippen MR) is 67.7 cm³/mol. The van der Waals surface area contributed by atoms with E-state index in [1.165, 1.54) is 31.7 Å². The van der Waals surface area contributed by atoms with Crippen molar-refractivity contribution in [1.82, 2.24) is 20.0 Å². The van der Waals surface area contributed by atoms with Crippen LogP contribution in [0, 0.1) is 11.8 Å². The Bertz CT molecular complexity index is 375. The first-order valence-electron chi connectivity index (χ1n) is 6.75. The average molecular weight is 234 g/mol. The summed E-state index contributed by atoms with van der Waals surface area (Å²) in [6.07, 6.45) is 4.22. The second-order valence-corrected chi connectivity index (χ2v) is 5.44.